The molecule has 4 aromatic rings. The number of hydrogen-bond acceptors (Lipinski definition) is 18. The minimum absolute atomic E-state index is 0.0211. The fraction of sp³-hybridized carbons (Fsp3) is 0.524. The minimum atomic E-state index is -4.53. The zero-order valence-corrected chi connectivity index (χ0v) is 24.5. The molecular weight excluding hydrogens is 641 g/mol. The predicted octanol–water partition coefficient (Wildman–Crippen LogP) is -1.20. The molecule has 0 spiro atoms. The minimum Gasteiger partial charge on any atom is -0.387 e. The van der Waals surface area contributed by atoms with Gasteiger partial charge < -0.3 is 39.8 Å². The molecule has 4 fully saturated rings. The first-order valence-electron chi connectivity index (χ1n) is 13.3. The van der Waals surface area contributed by atoms with Crippen molar-refractivity contribution in [3.8, 4) is 0 Å². The van der Waals surface area contributed by atoms with Gasteiger partial charge >= 0.3 is 8.25 Å². The van der Waals surface area contributed by atoms with Gasteiger partial charge in [-0.25, -0.2) is 19.9 Å². The lowest BCUT2D eigenvalue weighted by Gasteiger charge is -2.32. The van der Waals surface area contributed by atoms with E-state index < -0.39 is 83.1 Å². The summed E-state index contributed by atoms with van der Waals surface area (Å²) in [6, 6.07) is 0. The first kappa shape index (κ1) is 29.0. The third-order valence-electron chi connectivity index (χ3n) is 7.97. The Kier molecular flexibility index (Phi) is 6.63. The van der Waals surface area contributed by atoms with Crippen LogP contribution in [-0.2, 0) is 41.4 Å². The van der Waals surface area contributed by atoms with Crippen LogP contribution < -0.4 is 17.0 Å². The van der Waals surface area contributed by atoms with E-state index in [9.17, 15) is 19.0 Å². The number of nitrogens with zero attached hydrogens (tertiary/aromatic N) is 7. The molecule has 4 aliphatic rings. The van der Waals surface area contributed by atoms with Crippen LogP contribution in [0.1, 0.15) is 12.5 Å². The van der Waals surface area contributed by atoms with Gasteiger partial charge in [-0.1, -0.05) is 0 Å². The topological polar surface area (TPSA) is 278 Å². The molecule has 0 aliphatic carbocycles. The zero-order valence-electron chi connectivity index (χ0n) is 22.7. The largest absolute Gasteiger partial charge is 0.697 e. The fourth-order valence-corrected chi connectivity index (χ4v) is 7.77. The molecule has 4 aromatic heterocycles. The number of nitrogen functional groups attached to an aromatic ring is 2. The highest BCUT2D eigenvalue weighted by Crippen LogP contribution is 2.55. The summed E-state index contributed by atoms with van der Waals surface area (Å²) in [5.74, 6) is -0.0671. The summed E-state index contributed by atoms with van der Waals surface area (Å²) in [5, 5.41) is 11.1. The van der Waals surface area contributed by atoms with Crippen molar-refractivity contribution in [3.63, 3.8) is 0 Å². The van der Waals surface area contributed by atoms with E-state index in [1.165, 1.54) is 23.5 Å². The predicted molar refractivity (Wildman–Crippen MR) is 147 cm³/mol. The van der Waals surface area contributed by atoms with Crippen LogP contribution in [0.2, 0.25) is 0 Å². The molecule has 4 bridgehead atoms. The van der Waals surface area contributed by atoms with Crippen molar-refractivity contribution in [1.29, 1.82) is 0 Å². The summed E-state index contributed by atoms with van der Waals surface area (Å²) in [5.41, 5.74) is 10.1. The van der Waals surface area contributed by atoms with E-state index in [0.29, 0.717) is 11.2 Å². The van der Waals surface area contributed by atoms with Crippen LogP contribution in [0.25, 0.3) is 22.3 Å². The van der Waals surface area contributed by atoms with Crippen molar-refractivity contribution < 1.29 is 46.5 Å². The highest BCUT2D eigenvalue weighted by Gasteiger charge is 2.67. The first-order chi connectivity index (χ1) is 21.5. The molecule has 8 heterocycles. The number of nitrogens with two attached hydrogens (primary N) is 2. The smallest absolute Gasteiger partial charge is 0.387 e. The molecule has 8 rings (SSSR count). The van der Waals surface area contributed by atoms with Crippen LogP contribution in [0.15, 0.2) is 23.8 Å². The maximum absolute atomic E-state index is 13.6. The molecule has 0 aromatic carbocycles. The number of anilines is 2. The summed E-state index contributed by atoms with van der Waals surface area (Å²) in [7, 11) is -1.37. The number of aromatic amines is 1. The van der Waals surface area contributed by atoms with Crippen molar-refractivity contribution >= 4 is 57.4 Å². The molecule has 10 unspecified atom stereocenters. The van der Waals surface area contributed by atoms with Crippen molar-refractivity contribution in [2.45, 2.75) is 48.6 Å². The number of rotatable bonds is 2. The summed E-state index contributed by atoms with van der Waals surface area (Å²) in [4.78, 5) is 35.2. The fourth-order valence-electron chi connectivity index (χ4n) is 5.91. The Balaban J connectivity index is 1.12. The van der Waals surface area contributed by atoms with E-state index in [4.69, 9.17) is 51.3 Å². The van der Waals surface area contributed by atoms with Crippen molar-refractivity contribution in [2.24, 2.45) is 0 Å². The zero-order chi connectivity index (χ0) is 31.2. The van der Waals surface area contributed by atoms with Gasteiger partial charge in [-0.15, -0.1) is 9.05 Å². The van der Waals surface area contributed by atoms with Crippen molar-refractivity contribution in [2.75, 3.05) is 31.3 Å². The Morgan fingerprint density at radius 3 is 2.69 bits per heavy atom. The number of H-pyrrole nitrogens is 1. The second kappa shape index (κ2) is 10.3. The third-order valence-corrected chi connectivity index (χ3v) is 9.76. The van der Waals surface area contributed by atoms with Crippen LogP contribution in [0, 0.1) is 0 Å². The second-order valence-electron chi connectivity index (χ2n) is 10.7. The molecular formula is C21H22BN10O11P2+. The molecule has 2 radical (unpaired) electrons. The Morgan fingerprint density at radius 1 is 1.09 bits per heavy atom. The molecule has 0 saturated carbocycles. The summed E-state index contributed by atoms with van der Waals surface area (Å²) in [6.45, 7) is -1.12. The lowest BCUT2D eigenvalue weighted by atomic mass is 10.0. The van der Waals surface area contributed by atoms with Crippen LogP contribution in [-0.4, -0.2) is 108 Å². The van der Waals surface area contributed by atoms with Crippen molar-refractivity contribution in [3.05, 3.63) is 29.3 Å². The standard InChI is InChI=1S/C21H21BN10O11P2/c22-45(36)39-3-21-2-37-12(19(41-21)31-5-27-8-14(23)25-4-26-15(8)31)13(21)42-44(35)38-1-7-10(33)11(43-45)18(40-7)32-6-28-9-16(32)29-20(24)30-17(9)34/h4-7,10-13,18-19,33H,1-3H2,(H4-,23,24,25,26,29,30,34)/p+1. The van der Waals surface area contributed by atoms with E-state index in [0.717, 1.165) is 0 Å². The average molecular weight is 663 g/mol. The number of ether oxygens (including phenoxy) is 3. The lowest BCUT2D eigenvalue weighted by Crippen LogP contribution is -2.45. The van der Waals surface area contributed by atoms with Gasteiger partial charge in [-0.3, -0.25) is 23.5 Å². The number of imidazole rings is 2. The summed E-state index contributed by atoms with van der Waals surface area (Å²) >= 11 is 0. The molecule has 4 aliphatic heterocycles. The molecule has 0 amide bonds. The van der Waals surface area contributed by atoms with Crippen LogP contribution in [0.4, 0.5) is 11.8 Å². The van der Waals surface area contributed by atoms with E-state index in [-0.39, 0.29) is 29.5 Å². The SMILES string of the molecule is [B]P1(=O)OCC23COC(C(n4cnc5c(N)ncnc54)O2)C3O[P+](=O)OCC2OC(n3cnc4c(=O)[nH]c(N)nc43)C(O1)C2O. The van der Waals surface area contributed by atoms with Gasteiger partial charge in [0.25, 0.3) is 13.0 Å². The van der Waals surface area contributed by atoms with Gasteiger partial charge in [0.15, 0.2) is 46.8 Å². The highest BCUT2D eigenvalue weighted by atomic mass is 31.2. The van der Waals surface area contributed by atoms with E-state index in [2.05, 4.69) is 29.9 Å². The van der Waals surface area contributed by atoms with E-state index >= 15 is 0 Å². The molecule has 10 atom stereocenters. The van der Waals surface area contributed by atoms with Gasteiger partial charge in [0, 0.05) is 4.57 Å². The maximum atomic E-state index is 13.6. The maximum Gasteiger partial charge on any atom is 0.697 e. The average Bonchev–Trinajstić information content (AvgIpc) is 3.80. The van der Waals surface area contributed by atoms with Crippen LogP contribution in [0.5, 0.6) is 0 Å². The number of aliphatic hydroxyl groups excluding tert-OH is 1. The van der Waals surface area contributed by atoms with Crippen LogP contribution >= 0.6 is 15.7 Å². The second-order valence-corrected chi connectivity index (χ2v) is 13.2. The molecule has 4 saturated heterocycles. The van der Waals surface area contributed by atoms with E-state index in [1.54, 1.807) is 4.57 Å². The molecule has 234 valence electrons. The number of fused-ring (bicyclic) bond motifs is 4. The Bertz CT molecular complexity index is 1960. The number of aromatic nitrogens is 8. The monoisotopic (exact) mass is 663 g/mol. The molecule has 21 nitrogen and oxygen atoms in total. The van der Waals surface area contributed by atoms with Gasteiger partial charge in [0.1, 0.15) is 42.9 Å². The van der Waals surface area contributed by atoms with Gasteiger partial charge in [0.05, 0.1) is 25.9 Å². The lowest BCUT2D eigenvalue weighted by molar-refractivity contribution is -0.182. The third kappa shape index (κ3) is 4.60. The first-order valence-corrected chi connectivity index (χ1v) is 16.0. The molecule has 24 heteroatoms. The van der Waals surface area contributed by atoms with Crippen LogP contribution in [0.3, 0.4) is 0 Å². The normalized spacial score (nSPS) is 37.8. The van der Waals surface area contributed by atoms with Gasteiger partial charge in [0.2, 0.25) is 13.5 Å². The summed E-state index contributed by atoms with van der Waals surface area (Å²) < 4.78 is 70.3. The van der Waals surface area contributed by atoms with Gasteiger partial charge in [-0.2, -0.15) is 4.98 Å². The number of aliphatic hydroxyl groups is 1. The quantitative estimate of drug-likeness (QED) is 0.145. The number of hydrogen-bond donors (Lipinski definition) is 4. The highest BCUT2D eigenvalue weighted by molar-refractivity contribution is 7.79. The van der Waals surface area contributed by atoms with Gasteiger partial charge in [-0.05, 0) is 0 Å². The number of nitrogens with one attached hydrogen (secondary N) is 1. The Morgan fingerprint density at radius 2 is 1.87 bits per heavy atom. The molecule has 6 N–H and O–H groups in total. The summed E-state index contributed by atoms with van der Waals surface area (Å²) in [6.07, 6.45) is -4.54. The Labute approximate surface area is 252 Å². The molecule has 45 heavy (non-hydrogen) atoms. The Hall–Kier alpha value is -3.43. The van der Waals surface area contributed by atoms with E-state index in [1.807, 2.05) is 0 Å². The van der Waals surface area contributed by atoms with Crippen molar-refractivity contribution in [1.82, 2.24) is 39.0 Å².